The summed E-state index contributed by atoms with van der Waals surface area (Å²) < 4.78 is 21.4. The number of rotatable bonds is 2. The van der Waals surface area contributed by atoms with Gasteiger partial charge in [0.1, 0.15) is 0 Å². The molecule has 1 unspecified atom stereocenters. The van der Waals surface area contributed by atoms with Crippen molar-refractivity contribution in [3.63, 3.8) is 0 Å². The quantitative estimate of drug-likeness (QED) is 0.767. The molecule has 14 heavy (non-hydrogen) atoms. The van der Waals surface area contributed by atoms with Gasteiger partial charge in [0.15, 0.2) is 11.1 Å². The first-order valence-corrected chi connectivity index (χ1v) is 5.56. The zero-order valence-electron chi connectivity index (χ0n) is 7.80. The minimum Gasteiger partial charge on any atom is -0.351 e. The van der Waals surface area contributed by atoms with E-state index in [2.05, 4.69) is 0 Å². The predicted molar refractivity (Wildman–Crippen MR) is 57.4 cm³/mol. The summed E-state index contributed by atoms with van der Waals surface area (Å²) in [5, 5.41) is 1.15. The number of aromatic nitrogens is 1. The average Bonchev–Trinajstić information content (AvgIpc) is 2.47. The third kappa shape index (κ3) is 1.71. The Morgan fingerprint density at radius 1 is 1.43 bits per heavy atom. The first-order chi connectivity index (χ1) is 6.66. The Hall–Kier alpha value is -1.13. The number of hydrogen-bond donors (Lipinski definition) is 1. The van der Waals surface area contributed by atoms with Crippen molar-refractivity contribution in [1.82, 2.24) is 4.57 Å². The van der Waals surface area contributed by atoms with Crippen molar-refractivity contribution >= 4 is 22.0 Å². The third-order valence-corrected chi connectivity index (χ3v) is 2.82. The molecule has 3 nitrogen and oxygen atoms in total. The number of fused-ring (bicyclic) bond motifs is 1. The molecule has 0 saturated carbocycles. The molecule has 2 rings (SSSR count). The van der Waals surface area contributed by atoms with Crippen LogP contribution in [0.3, 0.4) is 0 Å². The molecule has 0 fully saturated rings. The van der Waals surface area contributed by atoms with Gasteiger partial charge >= 0.3 is 0 Å². The maximum Gasteiger partial charge on any atom is 0.157 e. The molecule has 1 N–H and O–H groups in total. The van der Waals surface area contributed by atoms with Crippen LogP contribution in [0.2, 0.25) is 0 Å². The molecule has 0 aliphatic heterocycles. The van der Waals surface area contributed by atoms with E-state index >= 15 is 0 Å². The monoisotopic (exact) mass is 209 g/mol. The molecule has 0 saturated heterocycles. The summed E-state index contributed by atoms with van der Waals surface area (Å²) in [6.07, 6.45) is 1.98. The predicted octanol–water partition coefficient (Wildman–Crippen LogP) is 1.90. The van der Waals surface area contributed by atoms with E-state index in [1.54, 1.807) is 0 Å². The van der Waals surface area contributed by atoms with Crippen molar-refractivity contribution in [2.45, 2.75) is 5.75 Å². The highest BCUT2D eigenvalue weighted by Gasteiger charge is 2.01. The molecule has 0 aliphatic carbocycles. The molecular formula is C10H11NO2S. The fourth-order valence-electron chi connectivity index (χ4n) is 1.54. The van der Waals surface area contributed by atoms with Gasteiger partial charge in [0.2, 0.25) is 0 Å². The van der Waals surface area contributed by atoms with E-state index in [1.807, 2.05) is 42.1 Å². The zero-order chi connectivity index (χ0) is 10.1. The number of hydrogen-bond acceptors (Lipinski definition) is 1. The number of aryl methyl sites for hydroxylation is 1. The van der Waals surface area contributed by atoms with Crippen molar-refractivity contribution in [2.75, 3.05) is 0 Å². The van der Waals surface area contributed by atoms with E-state index in [4.69, 9.17) is 4.55 Å². The van der Waals surface area contributed by atoms with E-state index in [9.17, 15) is 4.21 Å². The van der Waals surface area contributed by atoms with Crippen molar-refractivity contribution in [1.29, 1.82) is 0 Å². The van der Waals surface area contributed by atoms with Crippen molar-refractivity contribution in [3.8, 4) is 0 Å². The molecule has 0 bridgehead atoms. The highest BCUT2D eigenvalue weighted by Crippen LogP contribution is 2.17. The van der Waals surface area contributed by atoms with Crippen LogP contribution in [0, 0.1) is 0 Å². The highest BCUT2D eigenvalue weighted by atomic mass is 32.2. The average molecular weight is 209 g/mol. The van der Waals surface area contributed by atoms with Gasteiger partial charge < -0.3 is 9.12 Å². The van der Waals surface area contributed by atoms with Crippen LogP contribution in [0.4, 0.5) is 0 Å². The maximum atomic E-state index is 10.6. The Morgan fingerprint density at radius 3 is 2.93 bits per heavy atom. The van der Waals surface area contributed by atoms with Crippen LogP contribution in [-0.2, 0) is 23.9 Å². The Kier molecular flexibility index (Phi) is 2.39. The van der Waals surface area contributed by atoms with Gasteiger partial charge in [0, 0.05) is 18.8 Å². The second kappa shape index (κ2) is 3.55. The molecule has 0 amide bonds. The van der Waals surface area contributed by atoms with Gasteiger partial charge in [0.05, 0.1) is 5.75 Å². The summed E-state index contributed by atoms with van der Waals surface area (Å²) in [5.74, 6) is 0.196. The fraction of sp³-hybridized carbons (Fsp3) is 0.200. The van der Waals surface area contributed by atoms with Gasteiger partial charge in [-0.3, -0.25) is 0 Å². The van der Waals surface area contributed by atoms with Crippen LogP contribution < -0.4 is 0 Å². The zero-order valence-corrected chi connectivity index (χ0v) is 8.62. The van der Waals surface area contributed by atoms with Gasteiger partial charge in [-0.15, -0.1) is 0 Å². The summed E-state index contributed by atoms with van der Waals surface area (Å²) in [6.45, 7) is 0. The summed E-state index contributed by atoms with van der Waals surface area (Å²) in [7, 11) is 1.96. The van der Waals surface area contributed by atoms with Crippen LogP contribution in [0.15, 0.2) is 30.5 Å². The second-order valence-electron chi connectivity index (χ2n) is 3.29. The molecule has 2 aromatic rings. The van der Waals surface area contributed by atoms with Gasteiger partial charge in [-0.1, -0.05) is 12.1 Å². The molecule has 1 aromatic heterocycles. The van der Waals surface area contributed by atoms with E-state index in [0.29, 0.717) is 0 Å². The molecule has 1 heterocycles. The SMILES string of the molecule is Cn1ccc2ccc(CS(=O)O)cc21. The van der Waals surface area contributed by atoms with Gasteiger partial charge in [0.25, 0.3) is 0 Å². The van der Waals surface area contributed by atoms with Crippen LogP contribution in [0.25, 0.3) is 10.9 Å². The fourth-order valence-corrected chi connectivity index (χ4v) is 2.01. The normalized spacial score (nSPS) is 13.3. The summed E-state index contributed by atoms with van der Waals surface area (Å²) in [4.78, 5) is 0. The molecule has 74 valence electrons. The maximum absolute atomic E-state index is 10.6. The molecule has 1 atom stereocenters. The summed E-state index contributed by atoms with van der Waals surface area (Å²) >= 11 is -1.76. The van der Waals surface area contributed by atoms with Crippen molar-refractivity contribution in [2.24, 2.45) is 7.05 Å². The second-order valence-corrected chi connectivity index (χ2v) is 4.22. The molecule has 1 aromatic carbocycles. The lowest BCUT2D eigenvalue weighted by molar-refractivity contribution is 0.563. The molecule has 0 aliphatic rings. The van der Waals surface area contributed by atoms with Gasteiger partial charge in [-0.2, -0.15) is 0 Å². The third-order valence-electron chi connectivity index (χ3n) is 2.24. The Morgan fingerprint density at radius 2 is 2.21 bits per heavy atom. The van der Waals surface area contributed by atoms with Crippen molar-refractivity contribution < 1.29 is 8.76 Å². The molecule has 0 spiro atoms. The number of nitrogens with zero attached hydrogens (tertiary/aromatic N) is 1. The lowest BCUT2D eigenvalue weighted by atomic mass is 10.2. The largest absolute Gasteiger partial charge is 0.351 e. The van der Waals surface area contributed by atoms with Crippen LogP contribution >= 0.6 is 0 Å². The standard InChI is InChI=1S/C10H11NO2S/c1-11-5-4-9-3-2-8(6-10(9)11)7-14(12)13/h2-6H,7H2,1H3,(H,12,13). The van der Waals surface area contributed by atoms with E-state index in [1.165, 1.54) is 0 Å². The first kappa shape index (κ1) is 9.43. The Labute approximate surface area is 84.6 Å². The van der Waals surface area contributed by atoms with Crippen LogP contribution in [-0.4, -0.2) is 13.3 Å². The molecule has 4 heteroatoms. The van der Waals surface area contributed by atoms with E-state index < -0.39 is 11.1 Å². The molecular weight excluding hydrogens is 198 g/mol. The Bertz CT molecular complexity index is 490. The summed E-state index contributed by atoms with van der Waals surface area (Å²) in [6, 6.07) is 7.83. The number of benzene rings is 1. The Balaban J connectivity index is 2.49. The topological polar surface area (TPSA) is 42.2 Å². The minimum atomic E-state index is -1.76. The van der Waals surface area contributed by atoms with E-state index in [-0.39, 0.29) is 5.75 Å². The van der Waals surface area contributed by atoms with Crippen LogP contribution in [0.1, 0.15) is 5.56 Å². The van der Waals surface area contributed by atoms with Gasteiger partial charge in [-0.25, -0.2) is 4.21 Å². The van der Waals surface area contributed by atoms with Crippen molar-refractivity contribution in [3.05, 3.63) is 36.0 Å². The smallest absolute Gasteiger partial charge is 0.157 e. The van der Waals surface area contributed by atoms with E-state index in [0.717, 1.165) is 16.5 Å². The van der Waals surface area contributed by atoms with Gasteiger partial charge in [-0.05, 0) is 23.1 Å². The molecule has 0 radical (unpaired) electrons. The lowest BCUT2D eigenvalue weighted by Gasteiger charge is -2.00. The summed E-state index contributed by atoms with van der Waals surface area (Å²) in [5.41, 5.74) is 1.98. The first-order valence-electron chi connectivity index (χ1n) is 4.28. The van der Waals surface area contributed by atoms with Crippen LogP contribution in [0.5, 0.6) is 0 Å². The lowest BCUT2D eigenvalue weighted by Crippen LogP contribution is -1.93. The minimum absolute atomic E-state index is 0.196. The highest BCUT2D eigenvalue weighted by molar-refractivity contribution is 7.78.